The summed E-state index contributed by atoms with van der Waals surface area (Å²) in [6.07, 6.45) is 3.69. The average Bonchev–Trinajstić information content (AvgIpc) is 3.26. The van der Waals surface area contributed by atoms with E-state index in [-0.39, 0.29) is 18.0 Å². The molecule has 0 radical (unpaired) electrons. The molecule has 2 saturated heterocycles. The SMILES string of the molecule is CC(C)(C)OC(=O)N1CCC[C@@H]1CC(=O)N1CCCN(CCCOc2ccc(-c3ccc(C#N)cc3)cc2)CC1. The van der Waals surface area contributed by atoms with E-state index >= 15 is 0 Å². The van der Waals surface area contributed by atoms with Gasteiger partial charge in [-0.3, -0.25) is 4.79 Å². The Morgan fingerprint density at radius 2 is 1.62 bits per heavy atom. The van der Waals surface area contributed by atoms with Gasteiger partial charge < -0.3 is 24.2 Å². The Morgan fingerprint density at radius 3 is 2.30 bits per heavy atom. The molecule has 0 bridgehead atoms. The van der Waals surface area contributed by atoms with Crippen LogP contribution in [0.25, 0.3) is 11.1 Å². The van der Waals surface area contributed by atoms with Gasteiger partial charge in [-0.25, -0.2) is 4.79 Å². The maximum atomic E-state index is 13.1. The number of benzene rings is 2. The smallest absolute Gasteiger partial charge is 0.410 e. The van der Waals surface area contributed by atoms with Crippen LogP contribution in [0.3, 0.4) is 0 Å². The van der Waals surface area contributed by atoms with Crippen molar-refractivity contribution in [2.24, 2.45) is 0 Å². The number of carbonyl (C=O) groups excluding carboxylic acids is 2. The number of rotatable bonds is 8. The Kier molecular flexibility index (Phi) is 10.1. The van der Waals surface area contributed by atoms with Gasteiger partial charge >= 0.3 is 6.09 Å². The highest BCUT2D eigenvalue weighted by Crippen LogP contribution is 2.25. The van der Waals surface area contributed by atoms with Crippen molar-refractivity contribution in [1.29, 1.82) is 5.26 Å². The van der Waals surface area contributed by atoms with Gasteiger partial charge in [0.2, 0.25) is 5.91 Å². The molecule has 0 aromatic heterocycles. The van der Waals surface area contributed by atoms with Crippen molar-refractivity contribution in [2.45, 2.75) is 64.5 Å². The van der Waals surface area contributed by atoms with E-state index in [1.54, 1.807) is 4.90 Å². The second-order valence-electron chi connectivity index (χ2n) is 11.7. The first kappa shape index (κ1) is 29.4. The summed E-state index contributed by atoms with van der Waals surface area (Å²) in [7, 11) is 0. The number of ether oxygens (including phenoxy) is 2. The normalized spacial score (nSPS) is 18.2. The number of hydrogen-bond acceptors (Lipinski definition) is 6. The lowest BCUT2D eigenvalue weighted by molar-refractivity contribution is -0.132. The van der Waals surface area contributed by atoms with Crippen LogP contribution >= 0.6 is 0 Å². The molecule has 4 rings (SSSR count). The van der Waals surface area contributed by atoms with Crippen molar-refractivity contribution >= 4 is 12.0 Å². The number of nitrogens with zero attached hydrogens (tertiary/aromatic N) is 4. The molecule has 8 nitrogen and oxygen atoms in total. The van der Waals surface area contributed by atoms with E-state index in [0.717, 1.165) is 75.3 Å². The third-order valence-electron chi connectivity index (χ3n) is 7.45. The van der Waals surface area contributed by atoms with Crippen LogP contribution in [-0.4, -0.2) is 84.2 Å². The zero-order chi connectivity index (χ0) is 28.5. The van der Waals surface area contributed by atoms with E-state index in [1.165, 1.54) is 0 Å². The van der Waals surface area contributed by atoms with Crippen molar-refractivity contribution in [2.75, 3.05) is 45.9 Å². The molecule has 2 aromatic carbocycles. The lowest BCUT2D eigenvalue weighted by Gasteiger charge is -2.30. The van der Waals surface area contributed by atoms with Gasteiger partial charge in [0.15, 0.2) is 0 Å². The Balaban J connectivity index is 1.16. The molecular formula is C32H42N4O4. The molecule has 0 aliphatic carbocycles. The van der Waals surface area contributed by atoms with Crippen molar-refractivity contribution in [3.63, 3.8) is 0 Å². The Morgan fingerprint density at radius 1 is 0.925 bits per heavy atom. The molecule has 40 heavy (non-hydrogen) atoms. The first-order valence-electron chi connectivity index (χ1n) is 14.4. The second kappa shape index (κ2) is 13.7. The fourth-order valence-electron chi connectivity index (χ4n) is 5.34. The van der Waals surface area contributed by atoms with Crippen LogP contribution in [0, 0.1) is 11.3 Å². The van der Waals surface area contributed by atoms with E-state index in [2.05, 4.69) is 11.0 Å². The summed E-state index contributed by atoms with van der Waals surface area (Å²) in [5.74, 6) is 0.979. The molecule has 0 unspecified atom stereocenters. The number of nitriles is 1. The van der Waals surface area contributed by atoms with Crippen molar-refractivity contribution in [3.8, 4) is 22.9 Å². The largest absolute Gasteiger partial charge is 0.494 e. The van der Waals surface area contributed by atoms with E-state index in [1.807, 2.05) is 74.2 Å². The van der Waals surface area contributed by atoms with Gasteiger partial charge in [0.1, 0.15) is 11.4 Å². The predicted molar refractivity (Wildman–Crippen MR) is 155 cm³/mol. The molecule has 2 heterocycles. The molecule has 2 aromatic rings. The van der Waals surface area contributed by atoms with Crippen LogP contribution in [-0.2, 0) is 9.53 Å². The molecule has 2 amide bonds. The van der Waals surface area contributed by atoms with Crippen molar-refractivity contribution in [3.05, 3.63) is 54.1 Å². The van der Waals surface area contributed by atoms with E-state index < -0.39 is 5.60 Å². The minimum atomic E-state index is -0.536. The molecule has 8 heteroatoms. The van der Waals surface area contributed by atoms with Crippen LogP contribution in [0.4, 0.5) is 4.79 Å². The fourth-order valence-corrected chi connectivity index (χ4v) is 5.34. The average molecular weight is 547 g/mol. The van der Waals surface area contributed by atoms with Crippen molar-refractivity contribution in [1.82, 2.24) is 14.7 Å². The number of hydrogen-bond donors (Lipinski definition) is 0. The highest BCUT2D eigenvalue weighted by atomic mass is 16.6. The third-order valence-corrected chi connectivity index (χ3v) is 7.45. The summed E-state index contributed by atoms with van der Waals surface area (Å²) in [4.78, 5) is 31.8. The minimum Gasteiger partial charge on any atom is -0.494 e. The molecule has 2 aliphatic heterocycles. The number of carbonyl (C=O) groups is 2. The highest BCUT2D eigenvalue weighted by Gasteiger charge is 2.34. The minimum absolute atomic E-state index is 0.0722. The maximum absolute atomic E-state index is 13.1. The molecule has 2 fully saturated rings. The predicted octanol–water partition coefficient (Wildman–Crippen LogP) is 5.32. The maximum Gasteiger partial charge on any atom is 0.410 e. The van der Waals surface area contributed by atoms with Gasteiger partial charge in [0, 0.05) is 45.2 Å². The van der Waals surface area contributed by atoms with E-state index in [4.69, 9.17) is 14.7 Å². The van der Waals surface area contributed by atoms with Gasteiger partial charge in [-0.05, 0) is 88.4 Å². The summed E-state index contributed by atoms with van der Waals surface area (Å²) in [6, 6.07) is 17.7. The summed E-state index contributed by atoms with van der Waals surface area (Å²) in [5, 5.41) is 8.97. The Bertz CT molecular complexity index is 1170. The summed E-state index contributed by atoms with van der Waals surface area (Å²) < 4.78 is 11.5. The fraction of sp³-hybridized carbons (Fsp3) is 0.531. The summed E-state index contributed by atoms with van der Waals surface area (Å²) >= 11 is 0. The van der Waals surface area contributed by atoms with Gasteiger partial charge in [-0.1, -0.05) is 24.3 Å². The summed E-state index contributed by atoms with van der Waals surface area (Å²) in [6.45, 7) is 11.1. The summed E-state index contributed by atoms with van der Waals surface area (Å²) in [5.41, 5.74) is 2.28. The monoisotopic (exact) mass is 546 g/mol. The van der Waals surface area contributed by atoms with E-state index in [9.17, 15) is 9.59 Å². The van der Waals surface area contributed by atoms with Crippen LogP contribution in [0.1, 0.15) is 58.4 Å². The zero-order valence-electron chi connectivity index (χ0n) is 24.1. The van der Waals surface area contributed by atoms with Gasteiger partial charge in [0.25, 0.3) is 0 Å². The highest BCUT2D eigenvalue weighted by molar-refractivity contribution is 5.78. The van der Waals surface area contributed by atoms with Gasteiger partial charge in [-0.15, -0.1) is 0 Å². The molecule has 0 saturated carbocycles. The molecule has 0 N–H and O–H groups in total. The second-order valence-corrected chi connectivity index (χ2v) is 11.7. The molecular weight excluding hydrogens is 504 g/mol. The lowest BCUT2D eigenvalue weighted by Crippen LogP contribution is -2.43. The van der Waals surface area contributed by atoms with Crippen LogP contribution < -0.4 is 4.74 Å². The standard InChI is InChI=1S/C32H42N4O4/c1-32(2,3)40-31(38)36-19-4-7-28(36)23-30(37)35-18-5-16-34(20-21-35)17-6-22-39-29-14-12-27(13-15-29)26-10-8-25(24-33)9-11-26/h8-15,28H,4-7,16-23H2,1-3H3/t28-/m1/s1. The Labute approximate surface area is 238 Å². The van der Waals surface area contributed by atoms with E-state index in [0.29, 0.717) is 25.1 Å². The first-order chi connectivity index (χ1) is 19.2. The number of amides is 2. The number of likely N-dealkylation sites (tertiary alicyclic amines) is 1. The van der Waals surface area contributed by atoms with Crippen LogP contribution in [0.5, 0.6) is 5.75 Å². The van der Waals surface area contributed by atoms with Crippen LogP contribution in [0.2, 0.25) is 0 Å². The lowest BCUT2D eigenvalue weighted by atomic mass is 10.0. The van der Waals surface area contributed by atoms with Gasteiger partial charge in [-0.2, -0.15) is 5.26 Å². The van der Waals surface area contributed by atoms with Gasteiger partial charge in [0.05, 0.1) is 18.2 Å². The topological polar surface area (TPSA) is 86.1 Å². The molecule has 214 valence electrons. The van der Waals surface area contributed by atoms with Crippen molar-refractivity contribution < 1.29 is 19.1 Å². The Hall–Kier alpha value is -3.57. The zero-order valence-corrected chi connectivity index (χ0v) is 24.1. The quantitative estimate of drug-likeness (QED) is 0.417. The molecule has 1 atom stereocenters. The van der Waals surface area contributed by atoms with Crippen LogP contribution in [0.15, 0.2) is 48.5 Å². The molecule has 2 aliphatic rings. The third kappa shape index (κ3) is 8.46. The molecule has 0 spiro atoms. The first-order valence-corrected chi connectivity index (χ1v) is 14.4.